The molecule has 3 nitrogen and oxygen atoms in total. The molecule has 16 heavy (non-hydrogen) atoms. The number of carbonyl (C=O) groups excluding carboxylic acids is 1. The summed E-state index contributed by atoms with van der Waals surface area (Å²) in [7, 11) is 0. The van der Waals surface area contributed by atoms with Gasteiger partial charge in [-0.1, -0.05) is 24.3 Å². The molecule has 0 fully saturated rings. The van der Waals surface area contributed by atoms with E-state index in [0.717, 1.165) is 5.69 Å². The van der Waals surface area contributed by atoms with Crippen LogP contribution in [-0.4, -0.2) is 18.7 Å². The Kier molecular flexibility index (Phi) is 4.58. The number of amides is 1. The average molecular weight is 219 g/mol. The molecule has 0 aliphatic heterocycles. The smallest absolute Gasteiger partial charge is 0.414 e. The number of carbonyl (C=O) groups is 1. The molecule has 0 atom stereocenters. The Morgan fingerprint density at radius 3 is 2.56 bits per heavy atom. The van der Waals surface area contributed by atoms with Crippen LogP contribution in [-0.2, 0) is 4.74 Å². The van der Waals surface area contributed by atoms with E-state index < -0.39 is 0 Å². The van der Waals surface area contributed by atoms with E-state index in [9.17, 15) is 4.79 Å². The van der Waals surface area contributed by atoms with Crippen LogP contribution < -0.4 is 4.90 Å². The van der Waals surface area contributed by atoms with Crippen LogP contribution in [0.2, 0.25) is 0 Å². The summed E-state index contributed by atoms with van der Waals surface area (Å²) in [5.74, 6) is 0. The first-order chi connectivity index (χ1) is 7.65. The van der Waals surface area contributed by atoms with Gasteiger partial charge in [0.25, 0.3) is 0 Å². The van der Waals surface area contributed by atoms with E-state index in [-0.39, 0.29) is 12.2 Å². The van der Waals surface area contributed by atoms with Gasteiger partial charge in [-0.3, -0.25) is 4.90 Å². The molecule has 3 heteroatoms. The molecule has 0 bridgehead atoms. The van der Waals surface area contributed by atoms with Crippen LogP contribution in [0.15, 0.2) is 43.0 Å². The normalized spacial score (nSPS) is 9.94. The van der Waals surface area contributed by atoms with Gasteiger partial charge in [0.05, 0.1) is 6.10 Å². The standard InChI is InChI=1S/C13H17NO2/c1-4-10-14(13(15)16-11(2)3)12-8-6-5-7-9-12/h4-9,11H,1,10H2,2-3H3. The maximum atomic E-state index is 11.8. The van der Waals surface area contributed by atoms with Gasteiger partial charge in [-0.2, -0.15) is 0 Å². The minimum absolute atomic E-state index is 0.122. The Morgan fingerprint density at radius 2 is 2.06 bits per heavy atom. The minimum Gasteiger partial charge on any atom is -0.446 e. The number of anilines is 1. The van der Waals surface area contributed by atoms with Crippen LogP contribution in [0, 0.1) is 0 Å². The summed E-state index contributed by atoms with van der Waals surface area (Å²) in [5, 5.41) is 0. The molecular formula is C13H17NO2. The highest BCUT2D eigenvalue weighted by Crippen LogP contribution is 2.14. The highest BCUT2D eigenvalue weighted by molar-refractivity contribution is 5.87. The number of rotatable bonds is 4. The largest absolute Gasteiger partial charge is 0.446 e. The molecule has 0 saturated carbocycles. The van der Waals surface area contributed by atoms with Crippen LogP contribution in [0.3, 0.4) is 0 Å². The van der Waals surface area contributed by atoms with E-state index in [1.54, 1.807) is 11.0 Å². The van der Waals surface area contributed by atoms with Crippen LogP contribution in [0.1, 0.15) is 13.8 Å². The summed E-state index contributed by atoms with van der Waals surface area (Å²) in [5.41, 5.74) is 0.813. The van der Waals surface area contributed by atoms with Crippen molar-refractivity contribution < 1.29 is 9.53 Å². The fourth-order valence-corrected chi connectivity index (χ4v) is 1.29. The van der Waals surface area contributed by atoms with Crippen LogP contribution in [0.4, 0.5) is 10.5 Å². The van der Waals surface area contributed by atoms with Crippen molar-refractivity contribution in [1.29, 1.82) is 0 Å². The lowest BCUT2D eigenvalue weighted by Crippen LogP contribution is -2.33. The molecule has 0 spiro atoms. The Labute approximate surface area is 96.3 Å². The topological polar surface area (TPSA) is 29.5 Å². The lowest BCUT2D eigenvalue weighted by molar-refractivity contribution is 0.123. The third-order valence-corrected chi connectivity index (χ3v) is 1.94. The summed E-state index contributed by atoms with van der Waals surface area (Å²) in [6, 6.07) is 9.40. The van der Waals surface area contributed by atoms with Crippen molar-refractivity contribution in [3.8, 4) is 0 Å². The van der Waals surface area contributed by atoms with Crippen molar-refractivity contribution in [2.24, 2.45) is 0 Å². The maximum absolute atomic E-state index is 11.8. The SMILES string of the molecule is C=CCN(C(=O)OC(C)C)c1ccccc1. The Hall–Kier alpha value is -1.77. The first kappa shape index (κ1) is 12.3. The van der Waals surface area contributed by atoms with Gasteiger partial charge in [0.1, 0.15) is 0 Å². The Balaban J connectivity index is 2.82. The number of benzene rings is 1. The number of hydrogen-bond acceptors (Lipinski definition) is 2. The van der Waals surface area contributed by atoms with Gasteiger partial charge >= 0.3 is 6.09 Å². The lowest BCUT2D eigenvalue weighted by Gasteiger charge is -2.21. The van der Waals surface area contributed by atoms with Crippen molar-refractivity contribution >= 4 is 11.8 Å². The van der Waals surface area contributed by atoms with Gasteiger partial charge in [0, 0.05) is 12.2 Å². The molecule has 1 amide bonds. The summed E-state index contributed by atoms with van der Waals surface area (Å²) in [6.45, 7) is 7.73. The van der Waals surface area contributed by atoms with Gasteiger partial charge in [-0.25, -0.2) is 4.79 Å². The molecule has 1 aromatic carbocycles. The fourth-order valence-electron chi connectivity index (χ4n) is 1.29. The summed E-state index contributed by atoms with van der Waals surface area (Å²) in [4.78, 5) is 13.3. The Morgan fingerprint density at radius 1 is 1.44 bits per heavy atom. The van der Waals surface area contributed by atoms with Crippen molar-refractivity contribution in [3.05, 3.63) is 43.0 Å². The zero-order valence-electron chi connectivity index (χ0n) is 9.72. The van der Waals surface area contributed by atoms with Crippen LogP contribution in [0.25, 0.3) is 0 Å². The number of ether oxygens (including phenoxy) is 1. The molecule has 0 aliphatic carbocycles. The van der Waals surface area contributed by atoms with E-state index in [4.69, 9.17) is 4.74 Å². The molecule has 0 radical (unpaired) electrons. The van der Waals surface area contributed by atoms with E-state index in [2.05, 4.69) is 6.58 Å². The van der Waals surface area contributed by atoms with Crippen molar-refractivity contribution in [3.63, 3.8) is 0 Å². The predicted molar refractivity (Wildman–Crippen MR) is 65.6 cm³/mol. The first-order valence-corrected chi connectivity index (χ1v) is 5.29. The second-order valence-electron chi connectivity index (χ2n) is 3.67. The fraction of sp³-hybridized carbons (Fsp3) is 0.308. The molecule has 0 aromatic heterocycles. The Bertz CT molecular complexity index is 346. The number of para-hydroxylation sites is 1. The highest BCUT2D eigenvalue weighted by atomic mass is 16.6. The summed E-state index contributed by atoms with van der Waals surface area (Å²) >= 11 is 0. The molecule has 0 unspecified atom stereocenters. The second-order valence-corrected chi connectivity index (χ2v) is 3.67. The van der Waals surface area contributed by atoms with Gasteiger partial charge in [0.2, 0.25) is 0 Å². The highest BCUT2D eigenvalue weighted by Gasteiger charge is 2.16. The number of hydrogen-bond donors (Lipinski definition) is 0. The zero-order valence-corrected chi connectivity index (χ0v) is 9.72. The van der Waals surface area contributed by atoms with E-state index in [1.165, 1.54) is 0 Å². The van der Waals surface area contributed by atoms with Crippen molar-refractivity contribution in [2.75, 3.05) is 11.4 Å². The first-order valence-electron chi connectivity index (χ1n) is 5.29. The van der Waals surface area contributed by atoms with Crippen molar-refractivity contribution in [2.45, 2.75) is 20.0 Å². The summed E-state index contributed by atoms with van der Waals surface area (Å²) in [6.07, 6.45) is 1.21. The van der Waals surface area contributed by atoms with E-state index >= 15 is 0 Å². The molecule has 1 aromatic rings. The van der Waals surface area contributed by atoms with Gasteiger partial charge in [-0.05, 0) is 26.0 Å². The van der Waals surface area contributed by atoms with Crippen molar-refractivity contribution in [1.82, 2.24) is 0 Å². The van der Waals surface area contributed by atoms with E-state index in [1.807, 2.05) is 44.2 Å². The quantitative estimate of drug-likeness (QED) is 0.728. The minimum atomic E-state index is -0.346. The average Bonchev–Trinajstić information content (AvgIpc) is 2.26. The molecule has 0 aliphatic rings. The van der Waals surface area contributed by atoms with Gasteiger partial charge < -0.3 is 4.74 Å². The van der Waals surface area contributed by atoms with Crippen LogP contribution >= 0.6 is 0 Å². The third-order valence-electron chi connectivity index (χ3n) is 1.94. The van der Waals surface area contributed by atoms with Crippen LogP contribution in [0.5, 0.6) is 0 Å². The predicted octanol–water partition coefficient (Wildman–Crippen LogP) is 3.22. The van der Waals surface area contributed by atoms with E-state index in [0.29, 0.717) is 6.54 Å². The molecule has 1 rings (SSSR count). The lowest BCUT2D eigenvalue weighted by atomic mass is 10.3. The molecule has 86 valence electrons. The second kappa shape index (κ2) is 5.95. The van der Waals surface area contributed by atoms with Gasteiger partial charge in [-0.15, -0.1) is 6.58 Å². The summed E-state index contributed by atoms with van der Waals surface area (Å²) < 4.78 is 5.16. The molecule has 0 N–H and O–H groups in total. The zero-order chi connectivity index (χ0) is 12.0. The molecular weight excluding hydrogens is 202 g/mol. The van der Waals surface area contributed by atoms with Gasteiger partial charge in [0.15, 0.2) is 0 Å². The number of nitrogens with zero attached hydrogens (tertiary/aromatic N) is 1. The third kappa shape index (κ3) is 3.42. The molecule has 0 heterocycles. The monoisotopic (exact) mass is 219 g/mol. The maximum Gasteiger partial charge on any atom is 0.414 e. The molecule has 0 saturated heterocycles.